The highest BCUT2D eigenvalue weighted by Crippen LogP contribution is 2.23. The Morgan fingerprint density at radius 1 is 0.731 bits per heavy atom. The van der Waals surface area contributed by atoms with Crippen LogP contribution in [-0.2, 0) is 18.5 Å². The van der Waals surface area contributed by atoms with Gasteiger partial charge in [-0.05, 0) is 39.9 Å². The Morgan fingerprint density at radius 3 is 2.00 bits per heavy atom. The topological polar surface area (TPSA) is 3.24 Å². The van der Waals surface area contributed by atoms with Crippen molar-refractivity contribution in [1.82, 2.24) is 4.90 Å². The molecule has 0 atom stereocenters. The lowest BCUT2D eigenvalue weighted by molar-refractivity contribution is 0.320. The molecule has 3 rings (SSSR count). The Labute approximate surface area is 159 Å². The third-order valence-corrected chi connectivity index (χ3v) is 4.59. The van der Waals surface area contributed by atoms with Gasteiger partial charge in [0.2, 0.25) is 0 Å². The fourth-order valence-electron chi connectivity index (χ4n) is 3.20. The second-order valence-corrected chi connectivity index (χ2v) is 7.76. The maximum atomic E-state index is 2.38. The van der Waals surface area contributed by atoms with Crippen LogP contribution in [0.2, 0.25) is 0 Å². The highest BCUT2D eigenvalue weighted by Gasteiger charge is 2.13. The zero-order valence-corrected chi connectivity index (χ0v) is 17.2. The van der Waals surface area contributed by atoms with E-state index in [0.29, 0.717) is 0 Å². The van der Waals surface area contributed by atoms with Gasteiger partial charge >= 0.3 is 0 Å². The van der Waals surface area contributed by atoms with Gasteiger partial charge in [-0.1, -0.05) is 101 Å². The lowest BCUT2D eigenvalue weighted by Crippen LogP contribution is -2.17. The first-order valence-corrected chi connectivity index (χ1v) is 9.68. The van der Waals surface area contributed by atoms with Crippen molar-refractivity contribution in [1.29, 1.82) is 0 Å². The summed E-state index contributed by atoms with van der Waals surface area (Å²) >= 11 is 0. The van der Waals surface area contributed by atoms with Gasteiger partial charge < -0.3 is 0 Å². The maximum absolute atomic E-state index is 2.38. The third-order valence-electron chi connectivity index (χ3n) is 4.59. The van der Waals surface area contributed by atoms with Crippen LogP contribution >= 0.6 is 0 Å². The molecule has 0 spiro atoms. The largest absolute Gasteiger partial charge is 0.298 e. The van der Waals surface area contributed by atoms with Crippen LogP contribution in [0.1, 0.15) is 51.3 Å². The van der Waals surface area contributed by atoms with E-state index in [2.05, 4.69) is 99.4 Å². The van der Waals surface area contributed by atoms with Crippen molar-refractivity contribution in [2.75, 3.05) is 7.05 Å². The van der Waals surface area contributed by atoms with Crippen LogP contribution in [0, 0.1) is 0 Å². The fourth-order valence-corrected chi connectivity index (χ4v) is 3.20. The molecular weight excluding hydrogens is 314 g/mol. The van der Waals surface area contributed by atoms with Crippen LogP contribution in [-0.4, -0.2) is 11.9 Å². The molecule has 0 aliphatic heterocycles. The molecule has 1 heteroatoms. The van der Waals surface area contributed by atoms with Gasteiger partial charge in [0.1, 0.15) is 0 Å². The predicted molar refractivity (Wildman–Crippen MR) is 116 cm³/mol. The van der Waals surface area contributed by atoms with E-state index in [0.717, 1.165) is 13.1 Å². The lowest BCUT2D eigenvalue weighted by atomic mass is 9.87. The number of nitrogens with zero attached hydrogens (tertiary/aromatic N) is 1. The van der Waals surface area contributed by atoms with Crippen molar-refractivity contribution in [3.05, 3.63) is 83.4 Å². The van der Waals surface area contributed by atoms with Gasteiger partial charge in [-0.2, -0.15) is 0 Å². The van der Waals surface area contributed by atoms with Gasteiger partial charge in [0.05, 0.1) is 0 Å². The first kappa shape index (κ1) is 20.2. The van der Waals surface area contributed by atoms with E-state index >= 15 is 0 Å². The third kappa shape index (κ3) is 5.19. The van der Waals surface area contributed by atoms with Crippen LogP contribution in [0.15, 0.2) is 66.7 Å². The number of rotatable bonds is 4. The SMILES string of the molecule is CC.CN(Cc1ccc(C(C)(C)C)cc1)Cc1cccc2ccccc12. The van der Waals surface area contributed by atoms with Crippen molar-refractivity contribution < 1.29 is 0 Å². The summed E-state index contributed by atoms with van der Waals surface area (Å²) in [6.07, 6.45) is 0. The predicted octanol–water partition coefficient (Wildman–Crippen LogP) is 6.80. The van der Waals surface area contributed by atoms with Crippen molar-refractivity contribution in [2.45, 2.75) is 53.1 Å². The quantitative estimate of drug-likeness (QED) is 0.502. The van der Waals surface area contributed by atoms with Crippen molar-refractivity contribution in [3.8, 4) is 0 Å². The highest BCUT2D eigenvalue weighted by atomic mass is 15.1. The minimum Gasteiger partial charge on any atom is -0.298 e. The Bertz CT molecular complexity index is 804. The summed E-state index contributed by atoms with van der Waals surface area (Å²) in [6.45, 7) is 12.7. The summed E-state index contributed by atoms with van der Waals surface area (Å²) in [5.74, 6) is 0. The molecule has 26 heavy (non-hydrogen) atoms. The van der Waals surface area contributed by atoms with E-state index in [-0.39, 0.29) is 5.41 Å². The Kier molecular flexibility index (Phi) is 6.99. The Morgan fingerprint density at radius 2 is 1.35 bits per heavy atom. The minimum atomic E-state index is 0.216. The van der Waals surface area contributed by atoms with E-state index in [4.69, 9.17) is 0 Å². The number of fused-ring (bicyclic) bond motifs is 1. The molecule has 0 amide bonds. The van der Waals surface area contributed by atoms with Crippen LogP contribution in [0.5, 0.6) is 0 Å². The van der Waals surface area contributed by atoms with E-state index in [9.17, 15) is 0 Å². The van der Waals surface area contributed by atoms with E-state index in [1.807, 2.05) is 13.8 Å². The molecule has 138 valence electrons. The molecule has 0 unspecified atom stereocenters. The lowest BCUT2D eigenvalue weighted by Gasteiger charge is -2.21. The van der Waals surface area contributed by atoms with Crippen molar-refractivity contribution in [2.24, 2.45) is 0 Å². The van der Waals surface area contributed by atoms with Gasteiger partial charge in [0.15, 0.2) is 0 Å². The van der Waals surface area contributed by atoms with Crippen molar-refractivity contribution >= 4 is 10.8 Å². The van der Waals surface area contributed by atoms with Crippen molar-refractivity contribution in [3.63, 3.8) is 0 Å². The molecule has 0 heterocycles. The summed E-state index contributed by atoms with van der Waals surface area (Å²) in [6, 6.07) is 24.3. The Balaban J connectivity index is 0.00000117. The van der Waals surface area contributed by atoms with Crippen LogP contribution in [0.25, 0.3) is 10.8 Å². The van der Waals surface area contributed by atoms with E-state index in [1.54, 1.807) is 0 Å². The average Bonchev–Trinajstić information content (AvgIpc) is 2.63. The zero-order valence-electron chi connectivity index (χ0n) is 17.2. The number of hydrogen-bond donors (Lipinski definition) is 0. The number of benzene rings is 3. The molecule has 3 aromatic carbocycles. The molecule has 0 bridgehead atoms. The summed E-state index contributed by atoms with van der Waals surface area (Å²) in [4.78, 5) is 2.38. The van der Waals surface area contributed by atoms with Crippen LogP contribution < -0.4 is 0 Å². The monoisotopic (exact) mass is 347 g/mol. The molecule has 1 nitrogen and oxygen atoms in total. The molecule has 0 radical (unpaired) electrons. The summed E-state index contributed by atoms with van der Waals surface area (Å²) in [5, 5.41) is 2.67. The smallest absolute Gasteiger partial charge is 0.0240 e. The van der Waals surface area contributed by atoms with Gasteiger partial charge in [-0.25, -0.2) is 0 Å². The summed E-state index contributed by atoms with van der Waals surface area (Å²) < 4.78 is 0. The van der Waals surface area contributed by atoms with Crippen LogP contribution in [0.3, 0.4) is 0 Å². The maximum Gasteiger partial charge on any atom is 0.0240 e. The molecule has 0 aliphatic rings. The van der Waals surface area contributed by atoms with E-state index in [1.165, 1.54) is 27.5 Å². The molecule has 0 N–H and O–H groups in total. The first-order valence-electron chi connectivity index (χ1n) is 9.68. The molecule has 3 aromatic rings. The highest BCUT2D eigenvalue weighted by molar-refractivity contribution is 5.85. The Hall–Kier alpha value is -2.12. The fraction of sp³-hybridized carbons (Fsp3) is 0.360. The van der Waals surface area contributed by atoms with Gasteiger partial charge in [0, 0.05) is 13.1 Å². The van der Waals surface area contributed by atoms with Gasteiger partial charge in [-0.3, -0.25) is 4.90 Å². The molecule has 0 fully saturated rings. The number of hydrogen-bond acceptors (Lipinski definition) is 1. The molecule has 0 saturated heterocycles. The molecular formula is C25H33N. The second kappa shape index (κ2) is 9.00. The second-order valence-electron chi connectivity index (χ2n) is 7.76. The van der Waals surface area contributed by atoms with Gasteiger partial charge in [0.25, 0.3) is 0 Å². The normalized spacial score (nSPS) is 11.3. The summed E-state index contributed by atoms with van der Waals surface area (Å²) in [7, 11) is 2.19. The molecule has 0 aliphatic carbocycles. The first-order chi connectivity index (χ1) is 12.4. The molecule has 0 saturated carbocycles. The minimum absolute atomic E-state index is 0.216. The standard InChI is InChI=1S/C23H27N.C2H6/c1-23(2,3)21-14-12-18(13-15-21)16-24(4)17-20-10-7-9-19-8-5-6-11-22(19)20;1-2/h5-15H,16-17H2,1-4H3;1-2H3. The van der Waals surface area contributed by atoms with Crippen LogP contribution in [0.4, 0.5) is 0 Å². The summed E-state index contributed by atoms with van der Waals surface area (Å²) in [5.41, 5.74) is 4.36. The zero-order chi connectivity index (χ0) is 19.2. The average molecular weight is 348 g/mol. The van der Waals surface area contributed by atoms with E-state index < -0.39 is 0 Å². The van der Waals surface area contributed by atoms with Gasteiger partial charge in [-0.15, -0.1) is 0 Å². The molecule has 0 aromatic heterocycles.